The van der Waals surface area contributed by atoms with Gasteiger partial charge in [0.05, 0.1) is 12.0 Å². The maximum absolute atomic E-state index is 12.5. The van der Waals surface area contributed by atoms with Gasteiger partial charge < -0.3 is 15.5 Å². The van der Waals surface area contributed by atoms with E-state index in [-0.39, 0.29) is 24.2 Å². The molecule has 0 aliphatic carbocycles. The van der Waals surface area contributed by atoms with Crippen molar-refractivity contribution in [2.24, 2.45) is 5.73 Å². The van der Waals surface area contributed by atoms with Crippen LogP contribution in [0.2, 0.25) is 5.02 Å². The summed E-state index contributed by atoms with van der Waals surface area (Å²) in [4.78, 5) is 28.5. The number of nitrogens with two attached hydrogens (primary N) is 1. The van der Waals surface area contributed by atoms with Crippen molar-refractivity contribution in [2.45, 2.75) is 38.6 Å². The third-order valence-electron chi connectivity index (χ3n) is 4.45. The average Bonchev–Trinajstić information content (AvgIpc) is 2.56. The number of amides is 2. The minimum Gasteiger partial charge on any atom is -0.339 e. The summed E-state index contributed by atoms with van der Waals surface area (Å²) >= 11 is 5.86. The molecular weight excluding hydrogens is 361 g/mol. The smallest absolute Gasteiger partial charge is 0.242 e. The third-order valence-corrected chi connectivity index (χ3v) is 4.70. The number of hydrogen-bond acceptors (Lipinski definition) is 3. The van der Waals surface area contributed by atoms with Crippen molar-refractivity contribution in [1.82, 2.24) is 9.80 Å². The summed E-state index contributed by atoms with van der Waals surface area (Å²) in [5.41, 5.74) is 6.26. The number of hydrogen-bond donors (Lipinski definition) is 1. The highest BCUT2D eigenvalue weighted by atomic mass is 35.5. The Kier molecular flexibility index (Phi) is 8.19. The lowest BCUT2D eigenvalue weighted by Gasteiger charge is -2.38. The molecule has 1 aromatic rings. The summed E-state index contributed by atoms with van der Waals surface area (Å²) < 4.78 is 0. The first-order valence-electron chi connectivity index (χ1n) is 8.44. The summed E-state index contributed by atoms with van der Waals surface area (Å²) in [7, 11) is 0. The van der Waals surface area contributed by atoms with Gasteiger partial charge in [-0.1, -0.05) is 37.1 Å². The fourth-order valence-electron chi connectivity index (χ4n) is 3.04. The van der Waals surface area contributed by atoms with Crippen LogP contribution in [0.25, 0.3) is 0 Å². The molecule has 0 spiro atoms. The van der Waals surface area contributed by atoms with Gasteiger partial charge in [-0.15, -0.1) is 12.4 Å². The minimum absolute atomic E-state index is 0. The molecule has 2 N–H and O–H groups in total. The molecule has 2 rings (SSSR count). The predicted molar refractivity (Wildman–Crippen MR) is 103 cm³/mol. The highest BCUT2D eigenvalue weighted by Gasteiger charge is 2.34. The molecule has 140 valence electrons. The van der Waals surface area contributed by atoms with E-state index in [1.165, 1.54) is 0 Å². The van der Waals surface area contributed by atoms with Crippen LogP contribution >= 0.6 is 24.0 Å². The van der Waals surface area contributed by atoms with Crippen molar-refractivity contribution < 1.29 is 9.59 Å². The first-order valence-corrected chi connectivity index (χ1v) is 8.82. The topological polar surface area (TPSA) is 66.6 Å². The number of nitrogens with zero attached hydrogens (tertiary/aromatic N) is 2. The van der Waals surface area contributed by atoms with Crippen LogP contribution in [0.4, 0.5) is 0 Å². The van der Waals surface area contributed by atoms with E-state index < -0.39 is 5.54 Å². The highest BCUT2D eigenvalue weighted by molar-refractivity contribution is 6.30. The van der Waals surface area contributed by atoms with E-state index in [2.05, 4.69) is 0 Å². The van der Waals surface area contributed by atoms with Crippen LogP contribution in [0.15, 0.2) is 24.3 Å². The molecule has 1 aliphatic rings. The first-order chi connectivity index (χ1) is 11.3. The Morgan fingerprint density at radius 1 is 1.12 bits per heavy atom. The Hall–Kier alpha value is -1.30. The van der Waals surface area contributed by atoms with Crippen LogP contribution in [-0.2, 0) is 16.0 Å². The molecule has 2 amide bonds. The molecule has 1 aliphatic heterocycles. The lowest BCUT2D eigenvalue weighted by Crippen LogP contribution is -2.58. The molecule has 1 saturated heterocycles. The van der Waals surface area contributed by atoms with E-state index in [4.69, 9.17) is 17.3 Å². The Balaban J connectivity index is 0.00000312. The standard InChI is InChI=1S/C18H26ClN3O2.ClH/c1-3-8-18(2,20)17(24)22-11-9-21(10-12-22)16(23)13-14-4-6-15(19)7-5-14;/h4-7H,3,8-13,20H2,1-2H3;1H. The molecule has 1 atom stereocenters. The summed E-state index contributed by atoms with van der Waals surface area (Å²) in [6.07, 6.45) is 1.90. The number of benzene rings is 1. The van der Waals surface area contributed by atoms with Crippen molar-refractivity contribution in [2.75, 3.05) is 26.2 Å². The Bertz CT molecular complexity index is 582. The zero-order valence-electron chi connectivity index (χ0n) is 14.8. The number of rotatable bonds is 5. The second-order valence-electron chi connectivity index (χ2n) is 6.64. The summed E-state index contributed by atoms with van der Waals surface area (Å²) in [5.74, 6) is 0.0580. The van der Waals surface area contributed by atoms with Gasteiger partial charge in [0.15, 0.2) is 0 Å². The minimum atomic E-state index is -0.815. The predicted octanol–water partition coefficient (Wildman–Crippen LogP) is 2.49. The van der Waals surface area contributed by atoms with Gasteiger partial charge in [0.25, 0.3) is 0 Å². The molecule has 0 saturated carbocycles. The van der Waals surface area contributed by atoms with Crippen LogP contribution < -0.4 is 5.73 Å². The first kappa shape index (κ1) is 21.7. The SMILES string of the molecule is CCCC(C)(N)C(=O)N1CCN(C(=O)Cc2ccc(Cl)cc2)CC1.Cl. The van der Waals surface area contributed by atoms with E-state index in [0.717, 1.165) is 12.0 Å². The second-order valence-corrected chi connectivity index (χ2v) is 7.08. The van der Waals surface area contributed by atoms with Crippen LogP contribution in [0.5, 0.6) is 0 Å². The molecule has 0 radical (unpaired) electrons. The van der Waals surface area contributed by atoms with Gasteiger partial charge in [0.1, 0.15) is 0 Å². The monoisotopic (exact) mass is 387 g/mol. The van der Waals surface area contributed by atoms with E-state index in [9.17, 15) is 9.59 Å². The van der Waals surface area contributed by atoms with Crippen molar-refractivity contribution in [3.8, 4) is 0 Å². The largest absolute Gasteiger partial charge is 0.339 e. The maximum atomic E-state index is 12.5. The quantitative estimate of drug-likeness (QED) is 0.843. The molecule has 25 heavy (non-hydrogen) atoms. The molecule has 0 bridgehead atoms. The van der Waals surface area contributed by atoms with Crippen molar-refractivity contribution in [3.05, 3.63) is 34.9 Å². The van der Waals surface area contributed by atoms with Gasteiger partial charge in [-0.05, 0) is 31.0 Å². The van der Waals surface area contributed by atoms with E-state index in [1.807, 2.05) is 24.0 Å². The second kappa shape index (κ2) is 9.41. The summed E-state index contributed by atoms with van der Waals surface area (Å²) in [6.45, 7) is 6.01. The van der Waals surface area contributed by atoms with Crippen LogP contribution in [0.1, 0.15) is 32.3 Å². The molecular formula is C18H27Cl2N3O2. The maximum Gasteiger partial charge on any atom is 0.242 e. The van der Waals surface area contributed by atoms with Gasteiger partial charge in [-0.3, -0.25) is 9.59 Å². The molecule has 1 aromatic carbocycles. The van der Waals surface area contributed by atoms with E-state index >= 15 is 0 Å². The summed E-state index contributed by atoms with van der Waals surface area (Å²) in [5, 5.41) is 0.662. The normalized spacial score (nSPS) is 16.8. The highest BCUT2D eigenvalue weighted by Crippen LogP contribution is 2.16. The van der Waals surface area contributed by atoms with Gasteiger partial charge in [0, 0.05) is 31.2 Å². The van der Waals surface area contributed by atoms with Crippen molar-refractivity contribution in [1.29, 1.82) is 0 Å². The van der Waals surface area contributed by atoms with Crippen molar-refractivity contribution in [3.63, 3.8) is 0 Å². The lowest BCUT2D eigenvalue weighted by molar-refractivity contribution is -0.142. The third kappa shape index (κ3) is 5.87. The van der Waals surface area contributed by atoms with Gasteiger partial charge >= 0.3 is 0 Å². The molecule has 1 heterocycles. The van der Waals surface area contributed by atoms with Crippen LogP contribution in [-0.4, -0.2) is 53.3 Å². The van der Waals surface area contributed by atoms with E-state index in [1.54, 1.807) is 24.0 Å². The molecule has 1 fully saturated rings. The molecule has 1 unspecified atom stereocenters. The lowest BCUT2D eigenvalue weighted by atomic mass is 9.95. The molecule has 0 aromatic heterocycles. The molecule has 5 nitrogen and oxygen atoms in total. The number of piperazine rings is 1. The van der Waals surface area contributed by atoms with E-state index in [0.29, 0.717) is 44.0 Å². The van der Waals surface area contributed by atoms with Crippen LogP contribution in [0, 0.1) is 0 Å². The van der Waals surface area contributed by atoms with Gasteiger partial charge in [-0.25, -0.2) is 0 Å². The number of halogens is 2. The van der Waals surface area contributed by atoms with Crippen molar-refractivity contribution >= 4 is 35.8 Å². The average molecular weight is 388 g/mol. The van der Waals surface area contributed by atoms with Crippen LogP contribution in [0.3, 0.4) is 0 Å². The Morgan fingerprint density at radius 3 is 2.16 bits per heavy atom. The fraction of sp³-hybridized carbons (Fsp3) is 0.556. The molecule has 7 heteroatoms. The zero-order valence-corrected chi connectivity index (χ0v) is 16.4. The van der Waals surface area contributed by atoms with Gasteiger partial charge in [0.2, 0.25) is 11.8 Å². The van der Waals surface area contributed by atoms with Gasteiger partial charge in [-0.2, -0.15) is 0 Å². The Labute approximate surface area is 160 Å². The summed E-state index contributed by atoms with van der Waals surface area (Å²) in [6, 6.07) is 7.31. The Morgan fingerprint density at radius 2 is 1.64 bits per heavy atom. The number of carbonyl (C=O) groups is 2. The zero-order chi connectivity index (χ0) is 17.7. The number of carbonyl (C=O) groups excluding carboxylic acids is 2. The fourth-order valence-corrected chi connectivity index (χ4v) is 3.16.